The van der Waals surface area contributed by atoms with Gasteiger partial charge in [-0.1, -0.05) is 0 Å². The van der Waals surface area contributed by atoms with Gasteiger partial charge >= 0.3 is 6.18 Å². The molecular weight excluding hydrogens is 471 g/mol. The van der Waals surface area contributed by atoms with Gasteiger partial charge in [0.15, 0.2) is 10.9 Å². The lowest BCUT2D eigenvalue weighted by atomic mass is 9.96. The SMILES string of the molecule is CC(=O)NCc1ccc(-c2csc(NC(=O)C3CCN(c4ccc(C(F)(F)F)cn4)CC3)n2)o1. The van der Waals surface area contributed by atoms with E-state index in [1.165, 1.54) is 24.3 Å². The first-order chi connectivity index (χ1) is 16.2. The number of alkyl halides is 3. The van der Waals surface area contributed by atoms with Crippen LogP contribution in [-0.2, 0) is 22.3 Å². The molecule has 3 aromatic heterocycles. The maximum absolute atomic E-state index is 12.7. The molecule has 1 saturated heterocycles. The van der Waals surface area contributed by atoms with Crippen molar-refractivity contribution in [2.24, 2.45) is 5.92 Å². The maximum Gasteiger partial charge on any atom is 0.417 e. The summed E-state index contributed by atoms with van der Waals surface area (Å²) in [5.41, 5.74) is -0.204. The van der Waals surface area contributed by atoms with E-state index in [9.17, 15) is 22.8 Å². The van der Waals surface area contributed by atoms with Crippen LogP contribution in [0.25, 0.3) is 11.5 Å². The Morgan fingerprint density at radius 3 is 2.62 bits per heavy atom. The van der Waals surface area contributed by atoms with Crippen LogP contribution in [0.3, 0.4) is 0 Å². The normalized spacial score (nSPS) is 14.8. The molecule has 2 amide bonds. The Balaban J connectivity index is 1.29. The van der Waals surface area contributed by atoms with E-state index in [2.05, 4.69) is 20.6 Å². The van der Waals surface area contributed by atoms with Crippen LogP contribution in [0.5, 0.6) is 0 Å². The van der Waals surface area contributed by atoms with Crippen molar-refractivity contribution in [1.29, 1.82) is 0 Å². The van der Waals surface area contributed by atoms with Crippen LogP contribution < -0.4 is 15.5 Å². The second kappa shape index (κ2) is 9.84. The zero-order chi connectivity index (χ0) is 24.3. The average Bonchev–Trinajstić information content (AvgIpc) is 3.47. The Kier molecular flexibility index (Phi) is 6.87. The molecule has 8 nitrogen and oxygen atoms in total. The highest BCUT2D eigenvalue weighted by atomic mass is 32.1. The van der Waals surface area contributed by atoms with Gasteiger partial charge in [0, 0.05) is 37.5 Å². The molecule has 1 aliphatic heterocycles. The molecule has 0 aliphatic carbocycles. The average molecular weight is 494 g/mol. The van der Waals surface area contributed by atoms with Crippen LogP contribution in [0.2, 0.25) is 0 Å². The number of anilines is 2. The van der Waals surface area contributed by atoms with Crippen LogP contribution in [0.15, 0.2) is 40.3 Å². The Hall–Kier alpha value is -3.41. The Morgan fingerprint density at radius 1 is 1.21 bits per heavy atom. The lowest BCUT2D eigenvalue weighted by Gasteiger charge is -2.32. The molecule has 0 saturated carbocycles. The van der Waals surface area contributed by atoms with Gasteiger partial charge in [0.2, 0.25) is 11.8 Å². The van der Waals surface area contributed by atoms with Gasteiger partial charge in [0.25, 0.3) is 0 Å². The van der Waals surface area contributed by atoms with E-state index in [1.807, 2.05) is 4.90 Å². The first-order valence-electron chi connectivity index (χ1n) is 10.6. The van der Waals surface area contributed by atoms with Crippen molar-refractivity contribution in [2.75, 3.05) is 23.3 Å². The predicted molar refractivity (Wildman–Crippen MR) is 120 cm³/mol. The summed E-state index contributed by atoms with van der Waals surface area (Å²) in [7, 11) is 0. The molecule has 1 fully saturated rings. The number of amides is 2. The Labute approximate surface area is 197 Å². The molecule has 12 heteroatoms. The zero-order valence-corrected chi connectivity index (χ0v) is 19.0. The van der Waals surface area contributed by atoms with Crippen LogP contribution in [0, 0.1) is 5.92 Å². The van der Waals surface area contributed by atoms with E-state index >= 15 is 0 Å². The molecule has 0 bridgehead atoms. The highest BCUT2D eigenvalue weighted by molar-refractivity contribution is 7.14. The van der Waals surface area contributed by atoms with Crippen LogP contribution in [0.1, 0.15) is 31.1 Å². The molecule has 34 heavy (non-hydrogen) atoms. The molecule has 0 spiro atoms. The van der Waals surface area contributed by atoms with Crippen molar-refractivity contribution in [3.05, 3.63) is 47.2 Å². The number of piperidine rings is 1. The van der Waals surface area contributed by atoms with Crippen molar-refractivity contribution in [3.8, 4) is 11.5 Å². The number of hydrogen-bond donors (Lipinski definition) is 2. The summed E-state index contributed by atoms with van der Waals surface area (Å²) in [6, 6.07) is 5.88. The summed E-state index contributed by atoms with van der Waals surface area (Å²) >= 11 is 1.28. The lowest BCUT2D eigenvalue weighted by molar-refractivity contribution is -0.137. The first kappa shape index (κ1) is 23.7. The summed E-state index contributed by atoms with van der Waals surface area (Å²) in [6.45, 7) is 2.74. The standard InChI is InChI=1S/C22H22F3N5O3S/c1-13(31)26-11-16-3-4-18(33-16)17-12-34-21(28-17)29-20(32)14-6-8-30(9-7-14)19-5-2-15(10-27-19)22(23,24)25/h2-5,10,12,14H,6-9,11H2,1H3,(H,26,31)(H,28,29,32). The van der Waals surface area contributed by atoms with Crippen molar-refractivity contribution < 1.29 is 27.2 Å². The molecule has 180 valence electrons. The molecular formula is C22H22F3N5O3S. The topological polar surface area (TPSA) is 100 Å². The van der Waals surface area contributed by atoms with Gasteiger partial charge in [-0.3, -0.25) is 9.59 Å². The quantitative estimate of drug-likeness (QED) is 0.531. The number of carbonyl (C=O) groups excluding carboxylic acids is 2. The molecule has 2 N–H and O–H groups in total. The van der Waals surface area contributed by atoms with E-state index < -0.39 is 11.7 Å². The van der Waals surface area contributed by atoms with Gasteiger partial charge in [-0.15, -0.1) is 11.3 Å². The number of nitrogens with one attached hydrogen (secondary N) is 2. The maximum atomic E-state index is 12.7. The summed E-state index contributed by atoms with van der Waals surface area (Å²) in [5, 5.41) is 7.72. The molecule has 0 atom stereocenters. The van der Waals surface area contributed by atoms with Gasteiger partial charge in [0.1, 0.15) is 17.3 Å². The number of furan rings is 1. The Morgan fingerprint density at radius 2 is 1.97 bits per heavy atom. The van der Waals surface area contributed by atoms with Gasteiger partial charge in [0.05, 0.1) is 12.1 Å². The summed E-state index contributed by atoms with van der Waals surface area (Å²) in [6.07, 6.45) is -2.48. The summed E-state index contributed by atoms with van der Waals surface area (Å²) < 4.78 is 43.8. The van der Waals surface area contributed by atoms with E-state index in [0.29, 0.717) is 54.1 Å². The second-order valence-electron chi connectivity index (χ2n) is 7.87. The number of rotatable bonds is 6. The van der Waals surface area contributed by atoms with E-state index in [0.717, 1.165) is 12.3 Å². The molecule has 1 aliphatic rings. The van der Waals surface area contributed by atoms with Gasteiger partial charge in [-0.05, 0) is 37.1 Å². The lowest BCUT2D eigenvalue weighted by Crippen LogP contribution is -2.38. The van der Waals surface area contributed by atoms with Crippen molar-refractivity contribution >= 4 is 34.1 Å². The molecule has 4 rings (SSSR count). The number of nitrogens with zero attached hydrogens (tertiary/aromatic N) is 3. The predicted octanol–water partition coefficient (Wildman–Crippen LogP) is 4.31. The highest BCUT2D eigenvalue weighted by Gasteiger charge is 2.31. The molecule has 4 heterocycles. The number of aromatic nitrogens is 2. The van der Waals surface area contributed by atoms with Crippen molar-refractivity contribution in [1.82, 2.24) is 15.3 Å². The minimum atomic E-state index is -4.42. The Bertz CT molecular complexity index is 1150. The number of thiazole rings is 1. The summed E-state index contributed by atoms with van der Waals surface area (Å²) in [5.74, 6) is 1.07. The minimum Gasteiger partial charge on any atom is -0.458 e. The second-order valence-corrected chi connectivity index (χ2v) is 8.73. The van der Waals surface area contributed by atoms with E-state index in [1.54, 1.807) is 17.5 Å². The number of halogens is 3. The molecule has 3 aromatic rings. The van der Waals surface area contributed by atoms with Gasteiger partial charge in [-0.25, -0.2) is 9.97 Å². The van der Waals surface area contributed by atoms with E-state index in [-0.39, 0.29) is 24.3 Å². The fraction of sp³-hybridized carbons (Fsp3) is 0.364. The van der Waals surface area contributed by atoms with Crippen molar-refractivity contribution in [3.63, 3.8) is 0 Å². The molecule has 0 unspecified atom stereocenters. The molecule has 0 radical (unpaired) electrons. The van der Waals surface area contributed by atoms with Gasteiger partial charge in [-0.2, -0.15) is 13.2 Å². The fourth-order valence-electron chi connectivity index (χ4n) is 3.59. The number of pyridine rings is 1. The van der Waals surface area contributed by atoms with Crippen LogP contribution in [-0.4, -0.2) is 34.9 Å². The first-order valence-corrected chi connectivity index (χ1v) is 11.4. The van der Waals surface area contributed by atoms with Crippen molar-refractivity contribution in [2.45, 2.75) is 32.5 Å². The smallest absolute Gasteiger partial charge is 0.417 e. The largest absolute Gasteiger partial charge is 0.458 e. The third kappa shape index (κ3) is 5.74. The monoisotopic (exact) mass is 493 g/mol. The third-order valence-corrected chi connectivity index (χ3v) is 6.18. The minimum absolute atomic E-state index is 0.147. The third-order valence-electron chi connectivity index (χ3n) is 5.42. The highest BCUT2D eigenvalue weighted by Crippen LogP contribution is 2.31. The van der Waals surface area contributed by atoms with Crippen LogP contribution >= 0.6 is 11.3 Å². The van der Waals surface area contributed by atoms with E-state index in [4.69, 9.17) is 4.42 Å². The number of hydrogen-bond acceptors (Lipinski definition) is 7. The molecule has 0 aromatic carbocycles. The van der Waals surface area contributed by atoms with Gasteiger partial charge < -0.3 is 20.0 Å². The zero-order valence-electron chi connectivity index (χ0n) is 18.2. The van der Waals surface area contributed by atoms with Crippen LogP contribution in [0.4, 0.5) is 24.1 Å². The summed E-state index contributed by atoms with van der Waals surface area (Å²) in [4.78, 5) is 33.9. The fourth-order valence-corrected chi connectivity index (χ4v) is 4.29. The number of carbonyl (C=O) groups is 2.